The molecule has 0 aliphatic carbocycles. The predicted molar refractivity (Wildman–Crippen MR) is 204 cm³/mol. The minimum atomic E-state index is 0.848. The average molecular weight is 628 g/mol. The van der Waals surface area contributed by atoms with Crippen LogP contribution < -0.4 is 4.90 Å². The number of rotatable bonds is 5. The van der Waals surface area contributed by atoms with Crippen molar-refractivity contribution < 1.29 is 8.83 Å². The van der Waals surface area contributed by atoms with Crippen LogP contribution in [-0.2, 0) is 0 Å². The van der Waals surface area contributed by atoms with E-state index in [1.165, 1.54) is 11.1 Å². The zero-order chi connectivity index (χ0) is 32.3. The zero-order valence-corrected chi connectivity index (χ0v) is 26.5. The van der Waals surface area contributed by atoms with Crippen molar-refractivity contribution >= 4 is 71.7 Å². The van der Waals surface area contributed by atoms with E-state index >= 15 is 0 Å². The van der Waals surface area contributed by atoms with Crippen LogP contribution in [0, 0.1) is 0 Å². The van der Waals surface area contributed by atoms with Crippen LogP contribution >= 0.6 is 0 Å². The summed E-state index contributed by atoms with van der Waals surface area (Å²) in [6.45, 7) is 0. The molecule has 0 fully saturated rings. The molecule has 2 heterocycles. The van der Waals surface area contributed by atoms with Gasteiger partial charge in [0.25, 0.3) is 0 Å². The highest BCUT2D eigenvalue weighted by atomic mass is 16.3. The molecule has 8 aromatic carbocycles. The maximum atomic E-state index is 6.78. The Hall–Kier alpha value is -6.58. The molecule has 0 amide bonds. The summed E-state index contributed by atoms with van der Waals surface area (Å²) in [4.78, 5) is 2.32. The average Bonchev–Trinajstić information content (AvgIpc) is 3.75. The molecule has 0 atom stereocenters. The fourth-order valence-electron chi connectivity index (χ4n) is 7.54. The lowest BCUT2D eigenvalue weighted by atomic mass is 9.93. The topological polar surface area (TPSA) is 29.5 Å². The molecule has 10 rings (SSSR count). The molecule has 2 aromatic heterocycles. The normalized spacial score (nSPS) is 11.7. The Morgan fingerprint density at radius 3 is 1.63 bits per heavy atom. The van der Waals surface area contributed by atoms with E-state index in [0.29, 0.717) is 0 Å². The Kier molecular flexibility index (Phi) is 6.18. The van der Waals surface area contributed by atoms with Crippen molar-refractivity contribution in [3.63, 3.8) is 0 Å². The number of fused-ring (bicyclic) bond motifs is 8. The molecule has 0 radical (unpaired) electrons. The summed E-state index contributed by atoms with van der Waals surface area (Å²) in [7, 11) is 0. The van der Waals surface area contributed by atoms with Crippen molar-refractivity contribution in [2.75, 3.05) is 4.90 Å². The summed E-state index contributed by atoms with van der Waals surface area (Å²) in [5.74, 6) is 0. The molecule has 0 saturated carbocycles. The van der Waals surface area contributed by atoms with Gasteiger partial charge in [-0.15, -0.1) is 0 Å². The number of para-hydroxylation sites is 3. The standard InChI is InChI=1S/C46H29NO2/c1-4-15-30(16-5-1)33-23-13-27-41-43(33)37-25-12-24-36(45(37)48-41)38-29-39-44-40(47(31-17-6-2-7-18-31)32-19-8-3-9-20-32)26-14-28-42(44)49-46(39)35-22-11-10-21-34(35)38/h1-29H. The molecular formula is C46H29NO2. The fourth-order valence-corrected chi connectivity index (χ4v) is 7.54. The molecule has 0 aliphatic heterocycles. The second-order valence-corrected chi connectivity index (χ2v) is 12.4. The van der Waals surface area contributed by atoms with Gasteiger partial charge in [-0.1, -0.05) is 127 Å². The number of benzene rings is 8. The van der Waals surface area contributed by atoms with Gasteiger partial charge in [-0.2, -0.15) is 0 Å². The Labute approximate surface area is 282 Å². The van der Waals surface area contributed by atoms with E-state index in [-0.39, 0.29) is 0 Å². The number of hydrogen-bond acceptors (Lipinski definition) is 3. The minimum absolute atomic E-state index is 0.848. The van der Waals surface area contributed by atoms with Crippen molar-refractivity contribution in [2.24, 2.45) is 0 Å². The van der Waals surface area contributed by atoms with Crippen LogP contribution in [-0.4, -0.2) is 0 Å². The van der Waals surface area contributed by atoms with Gasteiger partial charge < -0.3 is 13.7 Å². The predicted octanol–water partition coefficient (Wildman–Crippen LogP) is 13.4. The van der Waals surface area contributed by atoms with Gasteiger partial charge in [0.05, 0.1) is 11.1 Å². The molecule has 0 saturated heterocycles. The molecular weight excluding hydrogens is 599 g/mol. The molecule has 3 nitrogen and oxygen atoms in total. The minimum Gasteiger partial charge on any atom is -0.455 e. The van der Waals surface area contributed by atoms with E-state index in [4.69, 9.17) is 8.83 Å². The highest BCUT2D eigenvalue weighted by molar-refractivity contribution is 6.24. The lowest BCUT2D eigenvalue weighted by molar-refractivity contribution is 0.670. The van der Waals surface area contributed by atoms with Crippen LogP contribution in [0.1, 0.15) is 0 Å². The van der Waals surface area contributed by atoms with Crippen LogP contribution in [0.4, 0.5) is 17.1 Å². The van der Waals surface area contributed by atoms with E-state index in [1.807, 2.05) is 0 Å². The molecule has 0 bridgehead atoms. The maximum absolute atomic E-state index is 6.78. The largest absolute Gasteiger partial charge is 0.455 e. The SMILES string of the molecule is c1ccc(-c2cccc3oc4c(-c5cc6c(oc7cccc(N(c8ccccc8)c8ccccc8)c76)c6ccccc56)cccc4c23)cc1. The van der Waals surface area contributed by atoms with Gasteiger partial charge in [0.1, 0.15) is 22.3 Å². The Morgan fingerprint density at radius 1 is 0.347 bits per heavy atom. The summed E-state index contributed by atoms with van der Waals surface area (Å²) >= 11 is 0. The van der Waals surface area contributed by atoms with Crippen LogP contribution in [0.5, 0.6) is 0 Å². The van der Waals surface area contributed by atoms with Crippen molar-refractivity contribution in [1.29, 1.82) is 0 Å². The first-order valence-corrected chi connectivity index (χ1v) is 16.6. The van der Waals surface area contributed by atoms with E-state index < -0.39 is 0 Å². The van der Waals surface area contributed by atoms with Crippen LogP contribution in [0.25, 0.3) is 76.9 Å². The summed E-state index contributed by atoms with van der Waals surface area (Å²) in [6.07, 6.45) is 0. The summed E-state index contributed by atoms with van der Waals surface area (Å²) in [6, 6.07) is 61.7. The molecule has 0 unspecified atom stereocenters. The first-order chi connectivity index (χ1) is 24.3. The Balaban J connectivity index is 1.28. The molecule has 0 spiro atoms. The zero-order valence-electron chi connectivity index (χ0n) is 26.5. The van der Waals surface area contributed by atoms with E-state index in [0.717, 1.165) is 82.8 Å². The van der Waals surface area contributed by atoms with Gasteiger partial charge in [0.15, 0.2) is 0 Å². The van der Waals surface area contributed by atoms with Crippen molar-refractivity contribution in [1.82, 2.24) is 0 Å². The van der Waals surface area contributed by atoms with E-state index in [2.05, 4.69) is 181 Å². The first kappa shape index (κ1) is 27.5. The van der Waals surface area contributed by atoms with Crippen LogP contribution in [0.3, 0.4) is 0 Å². The monoisotopic (exact) mass is 627 g/mol. The van der Waals surface area contributed by atoms with Crippen molar-refractivity contribution in [3.8, 4) is 22.3 Å². The summed E-state index contributed by atoms with van der Waals surface area (Å²) < 4.78 is 13.5. The van der Waals surface area contributed by atoms with Crippen LogP contribution in [0.15, 0.2) is 185 Å². The summed E-state index contributed by atoms with van der Waals surface area (Å²) in [5, 5.41) is 6.56. The highest BCUT2D eigenvalue weighted by Gasteiger charge is 2.23. The van der Waals surface area contributed by atoms with Gasteiger partial charge in [-0.05, 0) is 70.6 Å². The molecule has 10 aromatic rings. The lowest BCUT2D eigenvalue weighted by Crippen LogP contribution is -2.09. The molecule has 230 valence electrons. The number of nitrogens with zero attached hydrogens (tertiary/aromatic N) is 1. The van der Waals surface area contributed by atoms with Gasteiger partial charge in [0.2, 0.25) is 0 Å². The third-order valence-corrected chi connectivity index (χ3v) is 9.65. The molecule has 49 heavy (non-hydrogen) atoms. The van der Waals surface area contributed by atoms with Gasteiger partial charge in [0, 0.05) is 38.5 Å². The van der Waals surface area contributed by atoms with Crippen molar-refractivity contribution in [2.45, 2.75) is 0 Å². The number of furan rings is 2. The van der Waals surface area contributed by atoms with E-state index in [9.17, 15) is 0 Å². The number of anilines is 3. The first-order valence-electron chi connectivity index (χ1n) is 16.6. The number of hydrogen-bond donors (Lipinski definition) is 0. The molecule has 3 heteroatoms. The highest BCUT2D eigenvalue weighted by Crippen LogP contribution is 2.48. The second kappa shape index (κ2) is 11.0. The Bertz CT molecular complexity index is 2770. The molecule has 0 N–H and O–H groups in total. The molecule has 0 aliphatic rings. The fraction of sp³-hybridized carbons (Fsp3) is 0. The smallest absolute Gasteiger partial charge is 0.143 e. The third kappa shape index (κ3) is 4.29. The van der Waals surface area contributed by atoms with E-state index in [1.54, 1.807) is 0 Å². The van der Waals surface area contributed by atoms with Gasteiger partial charge in [-0.25, -0.2) is 0 Å². The lowest BCUT2D eigenvalue weighted by Gasteiger charge is -2.26. The third-order valence-electron chi connectivity index (χ3n) is 9.65. The van der Waals surface area contributed by atoms with Gasteiger partial charge >= 0.3 is 0 Å². The summed E-state index contributed by atoms with van der Waals surface area (Å²) in [5.41, 5.74) is 11.2. The quantitative estimate of drug-likeness (QED) is 0.190. The van der Waals surface area contributed by atoms with Crippen molar-refractivity contribution in [3.05, 3.63) is 176 Å². The van der Waals surface area contributed by atoms with Crippen LogP contribution in [0.2, 0.25) is 0 Å². The second-order valence-electron chi connectivity index (χ2n) is 12.4. The van der Waals surface area contributed by atoms with Gasteiger partial charge in [-0.3, -0.25) is 0 Å². The maximum Gasteiger partial charge on any atom is 0.143 e. The Morgan fingerprint density at radius 2 is 0.898 bits per heavy atom.